The molecule has 0 bridgehead atoms. The Morgan fingerprint density at radius 2 is 1.61 bits per heavy atom. The van der Waals surface area contributed by atoms with Crippen molar-refractivity contribution < 1.29 is 14.3 Å². The van der Waals surface area contributed by atoms with E-state index >= 15 is 0 Å². The van der Waals surface area contributed by atoms with Gasteiger partial charge in [0.05, 0.1) is 19.2 Å². The van der Waals surface area contributed by atoms with Gasteiger partial charge >= 0.3 is 0 Å². The molecular formula is C23H30N2O3. The standard InChI is InChI=1S/C23H30N2O3/c1-5-28-21-12-10-20(11-13-21)23(27)24-15-22(26)25-17(4)19-8-6-18(7-9-19)14-16(2)3/h6-13,16-17H,5,14-15H2,1-4H3,(H,24,27)(H,25,26)/t17-/m0/s1. The molecular weight excluding hydrogens is 352 g/mol. The highest BCUT2D eigenvalue weighted by atomic mass is 16.5. The molecule has 2 N–H and O–H groups in total. The lowest BCUT2D eigenvalue weighted by molar-refractivity contribution is -0.120. The molecule has 150 valence electrons. The summed E-state index contributed by atoms with van der Waals surface area (Å²) in [6.07, 6.45) is 1.04. The van der Waals surface area contributed by atoms with Crippen molar-refractivity contribution in [3.8, 4) is 5.75 Å². The van der Waals surface area contributed by atoms with E-state index in [1.807, 2.05) is 26.0 Å². The molecule has 0 saturated heterocycles. The third-order valence-electron chi connectivity index (χ3n) is 4.34. The highest BCUT2D eigenvalue weighted by Crippen LogP contribution is 2.15. The summed E-state index contributed by atoms with van der Waals surface area (Å²) in [6, 6.07) is 15.0. The average Bonchev–Trinajstić information content (AvgIpc) is 2.67. The van der Waals surface area contributed by atoms with Crippen molar-refractivity contribution in [1.82, 2.24) is 10.6 Å². The summed E-state index contributed by atoms with van der Waals surface area (Å²) in [6.45, 7) is 8.73. The van der Waals surface area contributed by atoms with E-state index in [9.17, 15) is 9.59 Å². The number of rotatable bonds is 9. The third kappa shape index (κ3) is 6.72. The van der Waals surface area contributed by atoms with Crippen molar-refractivity contribution in [1.29, 1.82) is 0 Å². The zero-order chi connectivity index (χ0) is 20.5. The summed E-state index contributed by atoms with van der Waals surface area (Å²) in [4.78, 5) is 24.3. The number of amides is 2. The third-order valence-corrected chi connectivity index (χ3v) is 4.34. The number of nitrogens with one attached hydrogen (secondary N) is 2. The van der Waals surface area contributed by atoms with E-state index in [-0.39, 0.29) is 24.4 Å². The Hall–Kier alpha value is -2.82. The fourth-order valence-corrected chi connectivity index (χ4v) is 2.92. The topological polar surface area (TPSA) is 67.4 Å². The lowest BCUT2D eigenvalue weighted by atomic mass is 10.00. The molecule has 0 radical (unpaired) electrons. The Bertz CT molecular complexity index is 767. The van der Waals surface area contributed by atoms with Crippen LogP contribution in [0.2, 0.25) is 0 Å². The van der Waals surface area contributed by atoms with Crippen molar-refractivity contribution in [3.05, 3.63) is 65.2 Å². The molecule has 0 fully saturated rings. The molecule has 2 aromatic carbocycles. The van der Waals surface area contributed by atoms with Gasteiger partial charge in [-0.2, -0.15) is 0 Å². The molecule has 0 unspecified atom stereocenters. The van der Waals surface area contributed by atoms with Crippen LogP contribution in [0.15, 0.2) is 48.5 Å². The van der Waals surface area contributed by atoms with E-state index < -0.39 is 0 Å². The van der Waals surface area contributed by atoms with Crippen LogP contribution in [0.1, 0.15) is 55.2 Å². The van der Waals surface area contributed by atoms with Crippen molar-refractivity contribution in [3.63, 3.8) is 0 Å². The number of carbonyl (C=O) groups excluding carboxylic acids is 2. The molecule has 0 saturated carbocycles. The van der Waals surface area contributed by atoms with Crippen molar-refractivity contribution >= 4 is 11.8 Å². The first kappa shape index (κ1) is 21.5. The van der Waals surface area contributed by atoms with E-state index in [4.69, 9.17) is 4.74 Å². The normalized spacial score (nSPS) is 11.8. The second kappa shape index (κ2) is 10.5. The molecule has 2 amide bonds. The zero-order valence-electron chi connectivity index (χ0n) is 17.1. The molecule has 2 rings (SSSR count). The summed E-state index contributed by atoms with van der Waals surface area (Å²) in [5, 5.41) is 5.56. The van der Waals surface area contributed by atoms with Gasteiger partial charge in [-0.1, -0.05) is 38.1 Å². The molecule has 0 aliphatic carbocycles. The Labute approximate surface area is 167 Å². The van der Waals surface area contributed by atoms with Crippen LogP contribution in [0.4, 0.5) is 0 Å². The van der Waals surface area contributed by atoms with E-state index in [2.05, 4.69) is 36.6 Å². The summed E-state index contributed by atoms with van der Waals surface area (Å²) in [5.74, 6) is 0.814. The van der Waals surface area contributed by atoms with Crippen LogP contribution in [0.5, 0.6) is 5.75 Å². The van der Waals surface area contributed by atoms with Gasteiger partial charge in [0.1, 0.15) is 5.75 Å². The van der Waals surface area contributed by atoms with Gasteiger partial charge in [0.2, 0.25) is 5.91 Å². The van der Waals surface area contributed by atoms with Crippen molar-refractivity contribution in [2.75, 3.05) is 13.2 Å². The molecule has 28 heavy (non-hydrogen) atoms. The zero-order valence-corrected chi connectivity index (χ0v) is 17.1. The van der Waals surface area contributed by atoms with Crippen LogP contribution in [0, 0.1) is 5.92 Å². The van der Waals surface area contributed by atoms with Crippen LogP contribution in [-0.4, -0.2) is 25.0 Å². The van der Waals surface area contributed by atoms with Crippen molar-refractivity contribution in [2.24, 2.45) is 5.92 Å². The summed E-state index contributed by atoms with van der Waals surface area (Å²) in [5.41, 5.74) is 2.82. The smallest absolute Gasteiger partial charge is 0.251 e. The Balaban J connectivity index is 1.81. The lowest BCUT2D eigenvalue weighted by Gasteiger charge is -2.15. The lowest BCUT2D eigenvalue weighted by Crippen LogP contribution is -2.38. The molecule has 5 heteroatoms. The molecule has 0 aliphatic heterocycles. The van der Waals surface area contributed by atoms with Crippen LogP contribution in [0.3, 0.4) is 0 Å². The minimum Gasteiger partial charge on any atom is -0.494 e. The van der Waals surface area contributed by atoms with E-state index in [0.717, 1.165) is 12.0 Å². The average molecular weight is 383 g/mol. The predicted molar refractivity (Wildman–Crippen MR) is 111 cm³/mol. The van der Waals surface area contributed by atoms with Gasteiger partial charge in [-0.15, -0.1) is 0 Å². The molecule has 0 aromatic heterocycles. The van der Waals surface area contributed by atoms with Crippen LogP contribution in [0.25, 0.3) is 0 Å². The molecule has 0 spiro atoms. The maximum Gasteiger partial charge on any atom is 0.251 e. The number of hydrogen-bond donors (Lipinski definition) is 2. The molecule has 1 atom stereocenters. The Kier molecular flexibility index (Phi) is 8.05. The fourth-order valence-electron chi connectivity index (χ4n) is 2.92. The molecule has 0 aliphatic rings. The van der Waals surface area contributed by atoms with E-state index in [1.165, 1.54) is 5.56 Å². The molecule has 0 heterocycles. The number of hydrogen-bond acceptors (Lipinski definition) is 3. The second-order valence-electron chi connectivity index (χ2n) is 7.27. The van der Waals surface area contributed by atoms with Crippen LogP contribution in [-0.2, 0) is 11.2 Å². The predicted octanol–water partition coefficient (Wildman–Crippen LogP) is 3.89. The summed E-state index contributed by atoms with van der Waals surface area (Å²) < 4.78 is 5.35. The Morgan fingerprint density at radius 3 is 2.18 bits per heavy atom. The monoisotopic (exact) mass is 382 g/mol. The van der Waals surface area contributed by atoms with Gasteiger partial charge < -0.3 is 15.4 Å². The summed E-state index contributed by atoms with van der Waals surface area (Å²) >= 11 is 0. The molecule has 2 aromatic rings. The van der Waals surface area contributed by atoms with Gasteiger partial charge in [-0.05, 0) is 61.6 Å². The number of benzene rings is 2. The summed E-state index contributed by atoms with van der Waals surface area (Å²) in [7, 11) is 0. The fraction of sp³-hybridized carbons (Fsp3) is 0.391. The maximum atomic E-state index is 12.2. The van der Waals surface area contributed by atoms with Gasteiger partial charge in [0, 0.05) is 5.56 Å². The van der Waals surface area contributed by atoms with E-state index in [1.54, 1.807) is 24.3 Å². The number of carbonyl (C=O) groups is 2. The highest BCUT2D eigenvalue weighted by Gasteiger charge is 2.12. The quantitative estimate of drug-likeness (QED) is 0.691. The van der Waals surface area contributed by atoms with Crippen molar-refractivity contribution in [2.45, 2.75) is 40.2 Å². The molecule has 5 nitrogen and oxygen atoms in total. The minimum absolute atomic E-state index is 0.0676. The van der Waals surface area contributed by atoms with Gasteiger partial charge in [0.15, 0.2) is 0 Å². The van der Waals surface area contributed by atoms with Crippen LogP contribution >= 0.6 is 0 Å². The highest BCUT2D eigenvalue weighted by molar-refractivity contribution is 5.96. The van der Waals surface area contributed by atoms with E-state index in [0.29, 0.717) is 23.8 Å². The van der Waals surface area contributed by atoms with Gasteiger partial charge in [0.25, 0.3) is 5.91 Å². The largest absolute Gasteiger partial charge is 0.494 e. The maximum absolute atomic E-state index is 12.2. The second-order valence-corrected chi connectivity index (χ2v) is 7.27. The first-order chi connectivity index (χ1) is 13.4. The number of ether oxygens (including phenoxy) is 1. The first-order valence-electron chi connectivity index (χ1n) is 9.78. The van der Waals surface area contributed by atoms with Gasteiger partial charge in [-0.25, -0.2) is 0 Å². The van der Waals surface area contributed by atoms with Gasteiger partial charge in [-0.3, -0.25) is 9.59 Å². The minimum atomic E-state index is -0.288. The van der Waals surface area contributed by atoms with Crippen LogP contribution < -0.4 is 15.4 Å². The first-order valence-corrected chi connectivity index (χ1v) is 9.78. The SMILES string of the molecule is CCOc1ccc(C(=O)NCC(=O)N[C@@H](C)c2ccc(CC(C)C)cc2)cc1. The Morgan fingerprint density at radius 1 is 0.964 bits per heavy atom.